The SMILES string of the molecule is CC[C@H](C)[C@H](NC(=O)C(C)(C)NC(=O)[C@H](CCC(N)=O)NC(=O)C(C)(C)NC(=O)[C@H](C)NC(=O)[C@H](C)NC(=O)[C@H](C)NC(=O)[C@H](C)NC(=O)C(C)(C)NC(C)=O)C(=O)NC(C)(C)C(=O)NCC(=O)N[C@@H](CC(C)C)C(=O)NC(C)(C)C(=O)N1CCC[C@H]1C(=O)N[C@H](C(=O)NC(C)(C)C(=O)NC(C)(C)C(=O)N[C@@H](CCC(N)=O)C(=O)N[C@@H](CCC(N)=O)C(=O)N[C@H](CO)Cc1ccccc1)C(C)C. The van der Waals surface area contributed by atoms with E-state index in [0.29, 0.717) is 6.42 Å². The highest BCUT2D eigenvalue weighted by Crippen LogP contribution is 2.25. The smallest absolute Gasteiger partial charge is 0.248 e. The highest BCUT2D eigenvalue weighted by atomic mass is 16.3. The predicted molar refractivity (Wildman–Crippen MR) is 499 cm³/mol. The van der Waals surface area contributed by atoms with Crippen LogP contribution in [0.1, 0.15) is 243 Å². The van der Waals surface area contributed by atoms with Crippen molar-refractivity contribution in [3.8, 4) is 0 Å². The van der Waals surface area contributed by atoms with Crippen LogP contribution in [0.4, 0.5) is 0 Å². The summed E-state index contributed by atoms with van der Waals surface area (Å²) in [6.07, 6.45) is -1.52. The summed E-state index contributed by atoms with van der Waals surface area (Å²) in [4.78, 5) is 312. The van der Waals surface area contributed by atoms with Crippen molar-refractivity contribution in [1.82, 2.24) is 106 Å². The molecular formula is C90H149N23O24. The van der Waals surface area contributed by atoms with Gasteiger partial charge in [-0.3, -0.25) is 110 Å². The summed E-state index contributed by atoms with van der Waals surface area (Å²) >= 11 is 0. The zero-order valence-corrected chi connectivity index (χ0v) is 83.5. The number of amides is 23. The van der Waals surface area contributed by atoms with Crippen LogP contribution in [0.3, 0.4) is 0 Å². The molecule has 137 heavy (non-hydrogen) atoms. The predicted octanol–water partition coefficient (Wildman–Crippen LogP) is -5.43. The minimum absolute atomic E-state index is 0.00691. The summed E-state index contributed by atoms with van der Waals surface area (Å²) in [7, 11) is 0. The van der Waals surface area contributed by atoms with E-state index in [-0.39, 0.29) is 51.0 Å². The maximum atomic E-state index is 14.6. The van der Waals surface area contributed by atoms with Crippen molar-refractivity contribution in [2.75, 3.05) is 19.7 Å². The van der Waals surface area contributed by atoms with Gasteiger partial charge in [-0.15, -0.1) is 0 Å². The van der Waals surface area contributed by atoms with Crippen molar-refractivity contribution < 1.29 is 115 Å². The number of primary amides is 3. The summed E-state index contributed by atoms with van der Waals surface area (Å²) in [6.45, 7) is 33.6. The van der Waals surface area contributed by atoms with Crippen LogP contribution in [0.5, 0.6) is 0 Å². The van der Waals surface area contributed by atoms with E-state index >= 15 is 0 Å². The number of nitrogens with two attached hydrogens (primary N) is 3. The van der Waals surface area contributed by atoms with E-state index in [4.69, 9.17) is 17.2 Å². The number of hydrogen-bond acceptors (Lipinski definition) is 24. The molecule has 1 heterocycles. The van der Waals surface area contributed by atoms with E-state index in [1.54, 1.807) is 71.9 Å². The van der Waals surface area contributed by atoms with Gasteiger partial charge in [-0.2, -0.15) is 0 Å². The first-order valence-corrected chi connectivity index (χ1v) is 45.6. The van der Waals surface area contributed by atoms with Crippen molar-refractivity contribution in [3.05, 3.63) is 35.9 Å². The fraction of sp³-hybridized carbons (Fsp3) is 0.678. The molecule has 0 aliphatic carbocycles. The molecule has 2 rings (SSSR count). The Bertz CT molecular complexity index is 4570. The van der Waals surface area contributed by atoms with Gasteiger partial charge in [0.2, 0.25) is 136 Å². The summed E-state index contributed by atoms with van der Waals surface area (Å²) in [5.41, 5.74) is 4.53. The number of aliphatic hydroxyl groups is 1. The third-order valence-electron chi connectivity index (χ3n) is 22.5. The van der Waals surface area contributed by atoms with Crippen LogP contribution in [-0.2, 0) is 117 Å². The normalized spacial score (nSPS) is 15.6. The van der Waals surface area contributed by atoms with E-state index in [0.717, 1.165) is 5.56 Å². The van der Waals surface area contributed by atoms with E-state index in [1.165, 1.54) is 136 Å². The quantitative estimate of drug-likeness (QED) is 0.0289. The number of carbonyl (C=O) groups excluding carboxylic acids is 23. The highest BCUT2D eigenvalue weighted by molar-refractivity contribution is 6.04. The van der Waals surface area contributed by atoms with Crippen LogP contribution in [0.15, 0.2) is 30.3 Å². The molecule has 26 N–H and O–H groups in total. The molecule has 13 atom stereocenters. The third-order valence-corrected chi connectivity index (χ3v) is 22.5. The monoisotopic (exact) mass is 1940 g/mol. The number of benzene rings is 1. The first kappa shape index (κ1) is 120. The van der Waals surface area contributed by atoms with Gasteiger partial charge >= 0.3 is 0 Å². The maximum Gasteiger partial charge on any atom is 0.248 e. The first-order chi connectivity index (χ1) is 62.9. The largest absolute Gasteiger partial charge is 0.394 e. The standard InChI is InChI=1S/C90H149N23O24/c1-26-47(6)65(105-81(135)87(18,19)108-72(126)57(36-39-62(93)118)103-79(133)86(16,17)107-69(123)51(10)97-67(121)49(8)95-66(120)48(7)96-68(122)50(9)98-78(132)85(14,15)106-52(11)115)76(130)111-84(12,13)77(131)94-43-63(119)100-58(41-45(2)3)73(127)109-90(24,25)83(137)113-40-30-33-59(113)74(128)104-64(46(4)5)75(129)110-89(22,23)82(136)112-88(20,21)80(134)102-56(35-38-61(92)117)71(125)101-55(34-37-60(91)116)70(124)99-54(44-114)42-53-31-28-27-29-32-53/h27-29,31-32,45-51,54-59,64-65,114H,26,30,33-44H2,1-25H3,(H2,91,116)(H2,92,117)(H2,93,118)(H,94,131)(H,95,120)(H,96,122)(H,97,121)(H,98,132)(H,99,124)(H,100,119)(H,101,125)(H,102,134)(H,103,133)(H,104,128)(H,105,135)(H,106,115)(H,107,123)(H,108,126)(H,109,127)(H,110,129)(H,111,130)(H,112,136)/t47-,48-,49-,50-,51-,54-,55-,56-,57-,58-,59-,64-,65-/m0/s1. The van der Waals surface area contributed by atoms with E-state index in [1.807, 2.05) is 0 Å². The Labute approximate surface area is 799 Å². The second kappa shape index (κ2) is 52.3. The van der Waals surface area contributed by atoms with Crippen LogP contribution < -0.4 is 118 Å². The third kappa shape index (κ3) is 39.3. The Hall–Kier alpha value is -13.0. The summed E-state index contributed by atoms with van der Waals surface area (Å²) in [5.74, 6) is -21.3. The fourth-order valence-corrected chi connectivity index (χ4v) is 13.7. The molecule has 1 saturated heterocycles. The van der Waals surface area contributed by atoms with Gasteiger partial charge in [0, 0.05) is 32.7 Å². The molecule has 0 radical (unpaired) electrons. The molecule has 0 aromatic heterocycles. The Kier molecular flexibility index (Phi) is 45.9. The van der Waals surface area contributed by atoms with Crippen LogP contribution in [0, 0.1) is 17.8 Å². The lowest BCUT2D eigenvalue weighted by molar-refractivity contribution is -0.146. The molecule has 47 heteroatoms. The average Bonchev–Trinajstić information content (AvgIpc) is 1.71. The van der Waals surface area contributed by atoms with Gasteiger partial charge in [-0.25, -0.2) is 0 Å². The lowest BCUT2D eigenvalue weighted by Gasteiger charge is -2.36. The Morgan fingerprint density at radius 2 is 0.774 bits per heavy atom. The van der Waals surface area contributed by atoms with Crippen LogP contribution in [-0.4, -0.2) is 277 Å². The van der Waals surface area contributed by atoms with Gasteiger partial charge in [0.15, 0.2) is 0 Å². The topological polar surface area (TPSA) is 723 Å². The molecule has 1 aromatic rings. The van der Waals surface area contributed by atoms with Crippen molar-refractivity contribution in [1.29, 1.82) is 0 Å². The van der Waals surface area contributed by atoms with Gasteiger partial charge in [0.25, 0.3) is 0 Å². The van der Waals surface area contributed by atoms with Crippen molar-refractivity contribution in [2.24, 2.45) is 35.0 Å². The number of carbonyl (C=O) groups is 23. The second-order valence-electron chi connectivity index (χ2n) is 39.2. The molecule has 1 aromatic carbocycles. The number of aliphatic hydroxyl groups excluding tert-OH is 1. The zero-order chi connectivity index (χ0) is 105. The molecule has 0 saturated carbocycles. The van der Waals surface area contributed by atoms with Crippen LogP contribution in [0.2, 0.25) is 0 Å². The second-order valence-corrected chi connectivity index (χ2v) is 39.2. The van der Waals surface area contributed by atoms with Crippen molar-refractivity contribution in [3.63, 3.8) is 0 Å². The van der Waals surface area contributed by atoms with E-state index in [9.17, 15) is 115 Å². The molecule has 1 fully saturated rings. The van der Waals surface area contributed by atoms with E-state index < -0.39 is 298 Å². The molecular weight excluding hydrogens is 1790 g/mol. The summed E-state index contributed by atoms with van der Waals surface area (Å²) in [6, 6.07) is -6.95. The van der Waals surface area contributed by atoms with Gasteiger partial charge in [-0.05, 0) is 193 Å². The fourth-order valence-electron chi connectivity index (χ4n) is 13.7. The van der Waals surface area contributed by atoms with Gasteiger partial charge in [-0.1, -0.05) is 78.3 Å². The molecule has 47 nitrogen and oxygen atoms in total. The number of nitrogens with zero attached hydrogens (tertiary/aromatic N) is 1. The molecule has 0 bridgehead atoms. The Balaban J connectivity index is 2.18. The Morgan fingerprint density at radius 1 is 0.394 bits per heavy atom. The molecule has 1 aliphatic heterocycles. The average molecular weight is 1940 g/mol. The maximum absolute atomic E-state index is 14.6. The van der Waals surface area contributed by atoms with Crippen LogP contribution >= 0.6 is 0 Å². The molecule has 768 valence electrons. The number of likely N-dealkylation sites (tertiary alicyclic amines) is 1. The number of nitrogens with one attached hydrogen (secondary N) is 19. The zero-order valence-electron chi connectivity index (χ0n) is 83.5. The van der Waals surface area contributed by atoms with Crippen LogP contribution in [0.25, 0.3) is 0 Å². The first-order valence-electron chi connectivity index (χ1n) is 45.6. The summed E-state index contributed by atoms with van der Waals surface area (Å²) in [5, 5.41) is 58.1. The minimum Gasteiger partial charge on any atom is -0.394 e. The Morgan fingerprint density at radius 3 is 1.23 bits per heavy atom. The molecule has 0 unspecified atom stereocenters. The van der Waals surface area contributed by atoms with Gasteiger partial charge < -0.3 is 128 Å². The van der Waals surface area contributed by atoms with Gasteiger partial charge in [0.1, 0.15) is 105 Å². The summed E-state index contributed by atoms with van der Waals surface area (Å²) < 4.78 is 0. The highest BCUT2D eigenvalue weighted by Gasteiger charge is 2.48. The molecule has 1 aliphatic rings. The lowest BCUT2D eigenvalue weighted by atomic mass is 9.94. The molecule has 23 amide bonds. The van der Waals surface area contributed by atoms with E-state index in [2.05, 4.69) is 101 Å². The number of rotatable bonds is 55. The van der Waals surface area contributed by atoms with Crippen molar-refractivity contribution in [2.45, 2.75) is 355 Å². The number of hydrogen-bond donors (Lipinski definition) is 23. The molecule has 0 spiro atoms. The van der Waals surface area contributed by atoms with Crippen molar-refractivity contribution >= 4 is 136 Å². The lowest BCUT2D eigenvalue weighted by Crippen LogP contribution is -2.66. The van der Waals surface area contributed by atoms with Gasteiger partial charge in [0.05, 0.1) is 19.2 Å². The minimum atomic E-state index is -1.91.